The van der Waals surface area contributed by atoms with Crippen molar-refractivity contribution in [3.63, 3.8) is 0 Å². The molecule has 1 N–H and O–H groups in total. The molecule has 0 aliphatic heterocycles. The molecule has 0 spiro atoms. The third-order valence-electron chi connectivity index (χ3n) is 4.97. The Morgan fingerprint density at radius 1 is 1.03 bits per heavy atom. The molecule has 1 aromatic heterocycles. The number of hydrazone groups is 1. The molecule has 35 heavy (non-hydrogen) atoms. The zero-order valence-electron chi connectivity index (χ0n) is 18.9. The number of esters is 1. The van der Waals surface area contributed by atoms with Gasteiger partial charge in [-0.3, -0.25) is 4.79 Å². The summed E-state index contributed by atoms with van der Waals surface area (Å²) in [5, 5.41) is 5.11. The molecule has 178 valence electrons. The van der Waals surface area contributed by atoms with Crippen molar-refractivity contribution in [1.82, 2.24) is 5.43 Å². The van der Waals surface area contributed by atoms with Gasteiger partial charge < -0.3 is 14.2 Å². The minimum Gasteiger partial charge on any atom is -0.493 e. The van der Waals surface area contributed by atoms with Gasteiger partial charge >= 0.3 is 5.97 Å². The number of aryl methyl sites for hydroxylation is 1. The second-order valence-corrected chi connectivity index (χ2v) is 8.82. The van der Waals surface area contributed by atoms with Crippen LogP contribution in [0.1, 0.15) is 20.8 Å². The van der Waals surface area contributed by atoms with Crippen LogP contribution in [0, 0.1) is 6.92 Å². The summed E-state index contributed by atoms with van der Waals surface area (Å²) in [6, 6.07) is 19.8. The molecule has 4 aromatic rings. The number of hydrogen-bond acceptors (Lipinski definition) is 7. The molecule has 0 bridgehead atoms. The van der Waals surface area contributed by atoms with Crippen LogP contribution in [0.15, 0.2) is 71.8 Å². The van der Waals surface area contributed by atoms with Crippen molar-refractivity contribution in [2.24, 2.45) is 5.10 Å². The molecule has 1 heterocycles. The fraction of sp³-hybridized carbons (Fsp3) is 0.115. The third-order valence-corrected chi connectivity index (χ3v) is 6.62. The Bertz CT molecular complexity index is 1420. The van der Waals surface area contributed by atoms with Crippen molar-refractivity contribution >= 4 is 51.1 Å². The number of ether oxygens (including phenoxy) is 3. The largest absolute Gasteiger partial charge is 0.493 e. The second kappa shape index (κ2) is 11.0. The van der Waals surface area contributed by atoms with Gasteiger partial charge in [-0.05, 0) is 48.4 Å². The maximum Gasteiger partial charge on any atom is 0.355 e. The smallest absolute Gasteiger partial charge is 0.355 e. The first kappa shape index (κ1) is 24.3. The van der Waals surface area contributed by atoms with Crippen LogP contribution >= 0.6 is 22.9 Å². The van der Waals surface area contributed by atoms with Crippen molar-refractivity contribution in [1.29, 1.82) is 0 Å². The SMILES string of the molecule is COc1cc(/C=N\NC(=O)COc2ccccc2C)ccc1OC(=O)c1sc2ccccc2c1Cl. The summed E-state index contributed by atoms with van der Waals surface area (Å²) in [5.74, 6) is 0.227. The van der Waals surface area contributed by atoms with Gasteiger partial charge in [0, 0.05) is 10.1 Å². The minimum atomic E-state index is -0.572. The molecule has 3 aromatic carbocycles. The van der Waals surface area contributed by atoms with E-state index < -0.39 is 11.9 Å². The first-order chi connectivity index (χ1) is 17.0. The Kier molecular flexibility index (Phi) is 7.64. The van der Waals surface area contributed by atoms with E-state index >= 15 is 0 Å². The second-order valence-electron chi connectivity index (χ2n) is 7.39. The number of thiophene rings is 1. The van der Waals surface area contributed by atoms with E-state index in [1.165, 1.54) is 24.7 Å². The number of benzene rings is 3. The molecule has 0 fully saturated rings. The van der Waals surface area contributed by atoms with E-state index in [1.807, 2.05) is 49.4 Å². The molecule has 7 nitrogen and oxygen atoms in total. The van der Waals surface area contributed by atoms with Gasteiger partial charge in [-0.1, -0.05) is 48.0 Å². The average molecular weight is 509 g/mol. The molecule has 0 saturated heterocycles. The summed E-state index contributed by atoms with van der Waals surface area (Å²) < 4.78 is 17.3. The van der Waals surface area contributed by atoms with Crippen molar-refractivity contribution < 1.29 is 23.8 Å². The van der Waals surface area contributed by atoms with Crippen LogP contribution in [0.3, 0.4) is 0 Å². The number of methoxy groups -OCH3 is 1. The Labute approximate surface area is 210 Å². The van der Waals surface area contributed by atoms with Crippen molar-refractivity contribution in [3.05, 3.63) is 87.8 Å². The van der Waals surface area contributed by atoms with Crippen LogP contribution in [0.2, 0.25) is 5.02 Å². The number of halogens is 1. The molecular weight excluding hydrogens is 488 g/mol. The molecule has 9 heteroatoms. The topological polar surface area (TPSA) is 86.2 Å². The van der Waals surface area contributed by atoms with Gasteiger partial charge in [-0.25, -0.2) is 10.2 Å². The zero-order chi connectivity index (χ0) is 24.8. The van der Waals surface area contributed by atoms with E-state index in [0.29, 0.717) is 27.0 Å². The Balaban J connectivity index is 1.38. The molecule has 1 amide bonds. The number of carbonyl (C=O) groups is 2. The van der Waals surface area contributed by atoms with Crippen LogP contribution in [0.25, 0.3) is 10.1 Å². The van der Waals surface area contributed by atoms with Gasteiger partial charge in [0.1, 0.15) is 10.6 Å². The van der Waals surface area contributed by atoms with Gasteiger partial charge in [-0.15, -0.1) is 11.3 Å². The molecule has 0 saturated carbocycles. The highest BCUT2D eigenvalue weighted by atomic mass is 35.5. The average Bonchev–Trinajstić information content (AvgIpc) is 3.21. The zero-order valence-corrected chi connectivity index (χ0v) is 20.5. The summed E-state index contributed by atoms with van der Waals surface area (Å²) >= 11 is 7.65. The molecule has 0 aliphatic rings. The number of nitrogens with one attached hydrogen (secondary N) is 1. The third kappa shape index (κ3) is 5.79. The van der Waals surface area contributed by atoms with E-state index in [2.05, 4.69) is 10.5 Å². The van der Waals surface area contributed by atoms with Crippen LogP contribution in [0.4, 0.5) is 0 Å². The molecule has 4 rings (SSSR count). The van der Waals surface area contributed by atoms with E-state index in [1.54, 1.807) is 24.3 Å². The number of para-hydroxylation sites is 1. The Morgan fingerprint density at radius 2 is 1.80 bits per heavy atom. The monoisotopic (exact) mass is 508 g/mol. The van der Waals surface area contributed by atoms with Crippen LogP contribution in [-0.4, -0.2) is 31.8 Å². The first-order valence-corrected chi connectivity index (χ1v) is 11.7. The number of fused-ring (bicyclic) bond motifs is 1. The van der Waals surface area contributed by atoms with Gasteiger partial charge in [0.25, 0.3) is 5.91 Å². The van der Waals surface area contributed by atoms with Crippen LogP contribution in [0.5, 0.6) is 17.2 Å². The lowest BCUT2D eigenvalue weighted by Crippen LogP contribution is -2.24. The van der Waals surface area contributed by atoms with Crippen molar-refractivity contribution in [3.8, 4) is 17.2 Å². The molecular formula is C26H21ClN2O5S. The first-order valence-electron chi connectivity index (χ1n) is 10.5. The lowest BCUT2D eigenvalue weighted by atomic mass is 10.2. The molecule has 0 aliphatic carbocycles. The van der Waals surface area contributed by atoms with E-state index in [0.717, 1.165) is 15.6 Å². The van der Waals surface area contributed by atoms with Gasteiger partial charge in [0.2, 0.25) is 0 Å². The van der Waals surface area contributed by atoms with Gasteiger partial charge in [-0.2, -0.15) is 5.10 Å². The van der Waals surface area contributed by atoms with Crippen molar-refractivity contribution in [2.45, 2.75) is 6.92 Å². The van der Waals surface area contributed by atoms with Gasteiger partial charge in [0.15, 0.2) is 18.1 Å². The highest BCUT2D eigenvalue weighted by Crippen LogP contribution is 2.37. The molecule has 0 unspecified atom stereocenters. The van der Waals surface area contributed by atoms with E-state index in [-0.39, 0.29) is 12.4 Å². The summed E-state index contributed by atoms with van der Waals surface area (Å²) in [6.07, 6.45) is 1.45. The summed E-state index contributed by atoms with van der Waals surface area (Å²) in [7, 11) is 1.46. The Hall–Kier alpha value is -3.88. The lowest BCUT2D eigenvalue weighted by molar-refractivity contribution is -0.123. The standard InChI is InChI=1S/C26H21ClN2O5S/c1-16-7-3-5-9-19(16)33-15-23(30)29-28-14-17-11-12-20(21(13-17)32-2)34-26(31)25-24(27)18-8-4-6-10-22(18)35-25/h3-14H,15H2,1-2H3,(H,29,30)/b28-14-. The summed E-state index contributed by atoms with van der Waals surface area (Å²) in [5.41, 5.74) is 3.97. The number of carbonyl (C=O) groups excluding carboxylic acids is 2. The van der Waals surface area contributed by atoms with Crippen molar-refractivity contribution in [2.75, 3.05) is 13.7 Å². The fourth-order valence-corrected chi connectivity index (χ4v) is 4.60. The predicted molar refractivity (Wildman–Crippen MR) is 137 cm³/mol. The van der Waals surface area contributed by atoms with Gasteiger partial charge in [0.05, 0.1) is 18.3 Å². The Morgan fingerprint density at radius 3 is 2.57 bits per heavy atom. The quantitative estimate of drug-likeness (QED) is 0.144. The summed E-state index contributed by atoms with van der Waals surface area (Å²) in [4.78, 5) is 25.1. The van der Waals surface area contributed by atoms with E-state index in [4.69, 9.17) is 25.8 Å². The number of rotatable bonds is 8. The number of amides is 1. The number of hydrogen-bond donors (Lipinski definition) is 1. The predicted octanol–water partition coefficient (Wildman–Crippen LogP) is 5.62. The number of nitrogens with zero attached hydrogens (tertiary/aromatic N) is 1. The van der Waals surface area contributed by atoms with E-state index in [9.17, 15) is 9.59 Å². The normalized spacial score (nSPS) is 10.9. The fourth-order valence-electron chi connectivity index (χ4n) is 3.21. The summed E-state index contributed by atoms with van der Waals surface area (Å²) in [6.45, 7) is 1.73. The highest BCUT2D eigenvalue weighted by molar-refractivity contribution is 7.21. The maximum atomic E-state index is 12.8. The maximum absolute atomic E-state index is 12.8. The van der Waals surface area contributed by atoms with Crippen LogP contribution < -0.4 is 19.6 Å². The minimum absolute atomic E-state index is 0.166. The van der Waals surface area contributed by atoms with Crippen LogP contribution in [-0.2, 0) is 4.79 Å². The molecule has 0 radical (unpaired) electrons. The highest BCUT2D eigenvalue weighted by Gasteiger charge is 2.20. The lowest BCUT2D eigenvalue weighted by Gasteiger charge is -2.09. The molecule has 0 atom stereocenters.